The molecule has 1 amide bonds. The molecule has 3 nitrogen and oxygen atoms in total. The highest BCUT2D eigenvalue weighted by atomic mass is 19.2. The SMILES string of the molecule is Cc1cc(C(=O)Nc2ccc(F)c(F)c2)c(C)n1C. The van der Waals surface area contributed by atoms with Gasteiger partial charge in [0.15, 0.2) is 11.6 Å². The van der Waals surface area contributed by atoms with E-state index >= 15 is 0 Å². The van der Waals surface area contributed by atoms with Crippen molar-refractivity contribution >= 4 is 11.6 Å². The summed E-state index contributed by atoms with van der Waals surface area (Å²) in [7, 11) is 1.86. The second kappa shape index (κ2) is 4.84. The molecule has 19 heavy (non-hydrogen) atoms. The lowest BCUT2D eigenvalue weighted by Crippen LogP contribution is -2.13. The maximum Gasteiger partial charge on any atom is 0.257 e. The summed E-state index contributed by atoms with van der Waals surface area (Å²) in [6.07, 6.45) is 0. The summed E-state index contributed by atoms with van der Waals surface area (Å²) in [6, 6.07) is 5.01. The lowest BCUT2D eigenvalue weighted by Gasteiger charge is -2.06. The highest BCUT2D eigenvalue weighted by Gasteiger charge is 2.14. The third kappa shape index (κ3) is 2.50. The van der Waals surface area contributed by atoms with E-state index in [2.05, 4.69) is 5.32 Å². The van der Waals surface area contributed by atoms with Crippen molar-refractivity contribution in [2.45, 2.75) is 13.8 Å². The zero-order chi connectivity index (χ0) is 14.2. The molecule has 0 saturated carbocycles. The standard InChI is InChI=1S/C14H14F2N2O/c1-8-6-11(9(2)18(8)3)14(19)17-10-4-5-12(15)13(16)7-10/h4-7H,1-3H3,(H,17,19). The molecular weight excluding hydrogens is 250 g/mol. The van der Waals surface area contributed by atoms with E-state index in [0.717, 1.165) is 23.5 Å². The Morgan fingerprint density at radius 2 is 1.84 bits per heavy atom. The molecule has 0 fully saturated rings. The van der Waals surface area contributed by atoms with E-state index in [9.17, 15) is 13.6 Å². The zero-order valence-corrected chi connectivity index (χ0v) is 10.9. The van der Waals surface area contributed by atoms with Crippen molar-refractivity contribution in [2.24, 2.45) is 7.05 Å². The van der Waals surface area contributed by atoms with Crippen molar-refractivity contribution in [3.63, 3.8) is 0 Å². The summed E-state index contributed by atoms with van der Waals surface area (Å²) in [5.41, 5.74) is 2.51. The molecule has 100 valence electrons. The Bertz CT molecular complexity index is 647. The van der Waals surface area contributed by atoms with Gasteiger partial charge in [-0.25, -0.2) is 8.78 Å². The molecule has 0 radical (unpaired) electrons. The van der Waals surface area contributed by atoms with E-state index in [1.54, 1.807) is 6.07 Å². The molecule has 0 bridgehead atoms. The lowest BCUT2D eigenvalue weighted by atomic mass is 10.2. The number of hydrogen-bond donors (Lipinski definition) is 1. The maximum absolute atomic E-state index is 13.0. The minimum absolute atomic E-state index is 0.227. The van der Waals surface area contributed by atoms with E-state index < -0.39 is 11.6 Å². The summed E-state index contributed by atoms with van der Waals surface area (Å²) in [4.78, 5) is 12.1. The van der Waals surface area contributed by atoms with Crippen LogP contribution in [0.15, 0.2) is 24.3 Å². The quantitative estimate of drug-likeness (QED) is 0.888. The monoisotopic (exact) mass is 264 g/mol. The van der Waals surface area contributed by atoms with Gasteiger partial charge in [-0.2, -0.15) is 0 Å². The van der Waals surface area contributed by atoms with Crippen molar-refractivity contribution in [2.75, 3.05) is 5.32 Å². The summed E-state index contributed by atoms with van der Waals surface area (Å²) < 4.78 is 27.7. The van der Waals surface area contributed by atoms with Crippen LogP contribution in [-0.2, 0) is 7.05 Å². The fourth-order valence-corrected chi connectivity index (χ4v) is 1.86. The minimum Gasteiger partial charge on any atom is -0.351 e. The first-order chi connectivity index (χ1) is 8.90. The van der Waals surface area contributed by atoms with Crippen LogP contribution >= 0.6 is 0 Å². The van der Waals surface area contributed by atoms with Crippen molar-refractivity contribution in [1.29, 1.82) is 0 Å². The molecule has 0 aliphatic heterocycles. The van der Waals surface area contributed by atoms with Gasteiger partial charge in [-0.05, 0) is 32.0 Å². The van der Waals surface area contributed by atoms with Gasteiger partial charge in [-0.1, -0.05) is 0 Å². The number of amides is 1. The average Bonchev–Trinajstić information content (AvgIpc) is 2.62. The Morgan fingerprint density at radius 1 is 1.16 bits per heavy atom. The van der Waals surface area contributed by atoms with E-state index in [4.69, 9.17) is 0 Å². The maximum atomic E-state index is 13.0. The second-order valence-electron chi connectivity index (χ2n) is 4.43. The molecule has 5 heteroatoms. The summed E-state index contributed by atoms with van der Waals surface area (Å²) in [5, 5.41) is 2.55. The molecule has 1 aromatic carbocycles. The van der Waals surface area contributed by atoms with Crippen LogP contribution in [0.3, 0.4) is 0 Å². The van der Waals surface area contributed by atoms with Crippen LogP contribution < -0.4 is 5.32 Å². The number of carbonyl (C=O) groups excluding carboxylic acids is 1. The fourth-order valence-electron chi connectivity index (χ4n) is 1.86. The molecule has 0 saturated heterocycles. The minimum atomic E-state index is -0.987. The Kier molecular flexibility index (Phi) is 3.38. The fraction of sp³-hybridized carbons (Fsp3) is 0.214. The first kappa shape index (κ1) is 13.3. The molecule has 1 heterocycles. The van der Waals surface area contributed by atoms with Gasteiger partial charge in [0.05, 0.1) is 5.56 Å². The summed E-state index contributed by atoms with van der Waals surface area (Å²) in [5.74, 6) is -2.27. The van der Waals surface area contributed by atoms with Crippen LogP contribution in [-0.4, -0.2) is 10.5 Å². The smallest absolute Gasteiger partial charge is 0.257 e. The summed E-state index contributed by atoms with van der Waals surface area (Å²) >= 11 is 0. The van der Waals surface area contributed by atoms with E-state index in [1.807, 2.05) is 25.5 Å². The third-order valence-corrected chi connectivity index (χ3v) is 3.20. The number of nitrogens with zero attached hydrogens (tertiary/aromatic N) is 1. The molecule has 0 atom stereocenters. The molecule has 0 aliphatic rings. The molecular formula is C14H14F2N2O. The average molecular weight is 264 g/mol. The number of hydrogen-bond acceptors (Lipinski definition) is 1. The topological polar surface area (TPSA) is 34.0 Å². The van der Waals surface area contributed by atoms with Gasteiger partial charge in [-0.15, -0.1) is 0 Å². The lowest BCUT2D eigenvalue weighted by molar-refractivity contribution is 0.102. The normalized spacial score (nSPS) is 10.6. The molecule has 0 spiro atoms. The Labute approximate surface area is 109 Å². The van der Waals surface area contributed by atoms with Gasteiger partial charge in [0.2, 0.25) is 0 Å². The van der Waals surface area contributed by atoms with E-state index in [0.29, 0.717) is 5.56 Å². The predicted octanol–water partition coefficient (Wildman–Crippen LogP) is 3.17. The molecule has 2 rings (SSSR count). The van der Waals surface area contributed by atoms with Crippen LogP contribution in [0.1, 0.15) is 21.7 Å². The molecule has 1 N–H and O–H groups in total. The highest BCUT2D eigenvalue weighted by Crippen LogP contribution is 2.17. The first-order valence-electron chi connectivity index (χ1n) is 5.79. The Morgan fingerprint density at radius 3 is 2.37 bits per heavy atom. The van der Waals surface area contributed by atoms with Gasteiger partial charge in [0.25, 0.3) is 5.91 Å². The van der Waals surface area contributed by atoms with Crippen LogP contribution in [0.2, 0.25) is 0 Å². The predicted molar refractivity (Wildman–Crippen MR) is 69.2 cm³/mol. The Balaban J connectivity index is 2.25. The van der Waals surface area contributed by atoms with Crippen molar-refractivity contribution in [1.82, 2.24) is 4.57 Å². The molecule has 2 aromatic rings. The number of benzene rings is 1. The number of carbonyl (C=O) groups is 1. The third-order valence-electron chi connectivity index (χ3n) is 3.20. The summed E-state index contributed by atoms with van der Waals surface area (Å²) in [6.45, 7) is 3.72. The molecule has 0 unspecified atom stereocenters. The zero-order valence-electron chi connectivity index (χ0n) is 10.9. The van der Waals surface area contributed by atoms with E-state index in [1.165, 1.54) is 6.07 Å². The van der Waals surface area contributed by atoms with Gasteiger partial charge < -0.3 is 9.88 Å². The van der Waals surface area contributed by atoms with Crippen LogP contribution in [0.25, 0.3) is 0 Å². The largest absolute Gasteiger partial charge is 0.351 e. The highest BCUT2D eigenvalue weighted by molar-refractivity contribution is 6.05. The molecule has 1 aromatic heterocycles. The number of aryl methyl sites for hydroxylation is 1. The van der Waals surface area contributed by atoms with E-state index in [-0.39, 0.29) is 11.6 Å². The van der Waals surface area contributed by atoms with Crippen molar-refractivity contribution in [3.05, 3.63) is 52.9 Å². The van der Waals surface area contributed by atoms with Gasteiger partial charge in [0.1, 0.15) is 0 Å². The van der Waals surface area contributed by atoms with Gasteiger partial charge >= 0.3 is 0 Å². The van der Waals surface area contributed by atoms with Crippen LogP contribution in [0.5, 0.6) is 0 Å². The van der Waals surface area contributed by atoms with Crippen LogP contribution in [0, 0.1) is 25.5 Å². The second-order valence-corrected chi connectivity index (χ2v) is 4.43. The Hall–Kier alpha value is -2.17. The number of rotatable bonds is 2. The first-order valence-corrected chi connectivity index (χ1v) is 5.79. The van der Waals surface area contributed by atoms with Gasteiger partial charge in [-0.3, -0.25) is 4.79 Å². The number of halogens is 2. The van der Waals surface area contributed by atoms with Crippen LogP contribution in [0.4, 0.5) is 14.5 Å². The number of aromatic nitrogens is 1. The molecule has 0 aliphatic carbocycles. The van der Waals surface area contributed by atoms with Crippen molar-refractivity contribution < 1.29 is 13.6 Å². The van der Waals surface area contributed by atoms with Crippen molar-refractivity contribution in [3.8, 4) is 0 Å². The van der Waals surface area contributed by atoms with Gasteiger partial charge in [0, 0.05) is 30.2 Å². The number of nitrogens with one attached hydrogen (secondary N) is 1. The number of anilines is 1.